The van der Waals surface area contributed by atoms with Crippen LogP contribution in [0, 0.1) is 0 Å². The summed E-state index contributed by atoms with van der Waals surface area (Å²) in [4.78, 5) is 26.2. The van der Waals surface area contributed by atoms with Crippen LogP contribution in [0.15, 0.2) is 60.9 Å². The lowest BCUT2D eigenvalue weighted by Gasteiger charge is -2.19. The summed E-state index contributed by atoms with van der Waals surface area (Å²) in [6.45, 7) is 0. The summed E-state index contributed by atoms with van der Waals surface area (Å²) in [6, 6.07) is 14.3. The van der Waals surface area contributed by atoms with E-state index in [2.05, 4.69) is 5.32 Å². The maximum absolute atomic E-state index is 13.1. The van der Waals surface area contributed by atoms with Crippen LogP contribution in [0.2, 0.25) is 0 Å². The molecule has 1 saturated carbocycles. The average Bonchev–Trinajstić information content (AvgIpc) is 3.52. The zero-order chi connectivity index (χ0) is 23.7. The number of para-hydroxylation sites is 2. The van der Waals surface area contributed by atoms with E-state index in [4.69, 9.17) is 5.73 Å². The highest BCUT2D eigenvalue weighted by atomic mass is 16.3. The largest absolute Gasteiger partial charge is 0.389 e. The van der Waals surface area contributed by atoms with E-state index in [0.29, 0.717) is 28.7 Å². The molecule has 4 aromatic rings. The number of carbonyl (C=O) groups is 2. The van der Waals surface area contributed by atoms with Gasteiger partial charge in [-0.1, -0.05) is 36.4 Å². The van der Waals surface area contributed by atoms with Gasteiger partial charge in [-0.05, 0) is 18.6 Å². The van der Waals surface area contributed by atoms with Crippen molar-refractivity contribution in [2.75, 3.05) is 0 Å². The van der Waals surface area contributed by atoms with E-state index in [-0.39, 0.29) is 0 Å². The summed E-state index contributed by atoms with van der Waals surface area (Å²) in [7, 11) is 1.91. The normalized spacial score (nSPS) is 25.2. The van der Waals surface area contributed by atoms with Crippen molar-refractivity contribution < 1.29 is 19.8 Å². The quantitative estimate of drug-likeness (QED) is 0.350. The van der Waals surface area contributed by atoms with Gasteiger partial charge in [0.2, 0.25) is 0 Å². The fourth-order valence-electron chi connectivity index (χ4n) is 5.51. The molecule has 1 fully saturated rings. The predicted octanol–water partition coefficient (Wildman–Crippen LogP) is 1.69. The van der Waals surface area contributed by atoms with Crippen LogP contribution in [0.1, 0.15) is 23.6 Å². The van der Waals surface area contributed by atoms with Crippen LogP contribution in [-0.4, -0.2) is 49.4 Å². The zero-order valence-electron chi connectivity index (χ0n) is 18.5. The van der Waals surface area contributed by atoms with Gasteiger partial charge in [-0.25, -0.2) is 0 Å². The first-order chi connectivity index (χ1) is 16.4. The molecule has 3 heterocycles. The van der Waals surface area contributed by atoms with Crippen LogP contribution in [-0.2, 0) is 16.6 Å². The van der Waals surface area contributed by atoms with Crippen molar-refractivity contribution in [3.63, 3.8) is 0 Å². The van der Waals surface area contributed by atoms with Crippen molar-refractivity contribution in [3.8, 4) is 0 Å². The standard InChI is InChI=1S/C26H24N4O4/c1-29-11-15(13-6-2-4-8-18(13)29)21-22(26(34)28-25(21)33)16-12-30(19-9-5-3-7-14(16)19)20-10-17(27)23(31)24(20)32/h2-9,11-12,17,20,23-24,31-32H,10,27H2,1H3,(H,28,33,34). The Morgan fingerprint density at radius 2 is 1.41 bits per heavy atom. The number of amides is 2. The summed E-state index contributed by atoms with van der Waals surface area (Å²) in [6.07, 6.45) is 1.98. The van der Waals surface area contributed by atoms with E-state index >= 15 is 0 Å². The SMILES string of the molecule is Cn1cc(C2=C(c3cn(C4CC(N)C(O)C4O)c4ccccc34)C(=O)NC2=O)c2ccccc21. The number of aromatic nitrogens is 2. The van der Waals surface area contributed by atoms with Crippen LogP contribution in [0.25, 0.3) is 33.0 Å². The van der Waals surface area contributed by atoms with E-state index in [9.17, 15) is 19.8 Å². The average molecular weight is 457 g/mol. The third kappa shape index (κ3) is 2.83. The third-order valence-electron chi connectivity index (χ3n) is 7.16. The predicted molar refractivity (Wildman–Crippen MR) is 128 cm³/mol. The molecule has 2 aromatic carbocycles. The summed E-state index contributed by atoms with van der Waals surface area (Å²) in [5, 5.41) is 25.0. The summed E-state index contributed by atoms with van der Waals surface area (Å²) >= 11 is 0. The molecular formula is C26H24N4O4. The molecule has 0 bridgehead atoms. The molecule has 8 nitrogen and oxygen atoms in total. The van der Waals surface area contributed by atoms with E-state index in [0.717, 1.165) is 21.8 Å². The van der Waals surface area contributed by atoms with Crippen molar-refractivity contribution in [2.45, 2.75) is 30.7 Å². The number of hydrogen-bond acceptors (Lipinski definition) is 5. The Morgan fingerprint density at radius 1 is 0.853 bits per heavy atom. The number of aliphatic hydroxyl groups is 2. The van der Waals surface area contributed by atoms with Crippen molar-refractivity contribution >= 4 is 44.8 Å². The van der Waals surface area contributed by atoms with Crippen molar-refractivity contribution in [1.82, 2.24) is 14.5 Å². The van der Waals surface area contributed by atoms with Gasteiger partial charge >= 0.3 is 0 Å². The number of nitrogens with one attached hydrogen (secondary N) is 1. The second-order valence-electron chi connectivity index (χ2n) is 9.12. The Hall–Kier alpha value is -3.72. The molecule has 8 heteroatoms. The molecule has 5 N–H and O–H groups in total. The first-order valence-corrected chi connectivity index (χ1v) is 11.2. The molecule has 34 heavy (non-hydrogen) atoms. The van der Waals surface area contributed by atoms with Crippen LogP contribution >= 0.6 is 0 Å². The molecule has 0 radical (unpaired) electrons. The minimum atomic E-state index is -1.04. The number of carbonyl (C=O) groups excluding carboxylic acids is 2. The van der Waals surface area contributed by atoms with E-state index in [1.54, 1.807) is 6.20 Å². The highest BCUT2D eigenvalue weighted by molar-refractivity contribution is 6.50. The van der Waals surface area contributed by atoms with Crippen molar-refractivity contribution in [3.05, 3.63) is 72.1 Å². The van der Waals surface area contributed by atoms with Gasteiger partial charge in [0.25, 0.3) is 11.8 Å². The first-order valence-electron chi connectivity index (χ1n) is 11.2. The summed E-state index contributed by atoms with van der Waals surface area (Å²) in [5.41, 5.74) is 9.68. The van der Waals surface area contributed by atoms with Gasteiger partial charge < -0.3 is 25.1 Å². The van der Waals surface area contributed by atoms with Gasteiger partial charge in [-0.15, -0.1) is 0 Å². The van der Waals surface area contributed by atoms with Gasteiger partial charge in [-0.3, -0.25) is 14.9 Å². The molecule has 4 unspecified atom stereocenters. The van der Waals surface area contributed by atoms with E-state index in [1.165, 1.54) is 0 Å². The van der Waals surface area contributed by atoms with Crippen molar-refractivity contribution in [1.29, 1.82) is 0 Å². The lowest BCUT2D eigenvalue weighted by Crippen LogP contribution is -2.35. The van der Waals surface area contributed by atoms with Crippen molar-refractivity contribution in [2.24, 2.45) is 12.8 Å². The Kier molecular flexibility index (Phi) is 4.54. The maximum atomic E-state index is 13.1. The van der Waals surface area contributed by atoms with Crippen LogP contribution in [0.5, 0.6) is 0 Å². The number of nitrogens with two attached hydrogens (primary N) is 1. The number of aryl methyl sites for hydroxylation is 1. The molecular weight excluding hydrogens is 432 g/mol. The smallest absolute Gasteiger partial charge is 0.259 e. The fourth-order valence-corrected chi connectivity index (χ4v) is 5.51. The highest BCUT2D eigenvalue weighted by Crippen LogP contribution is 2.41. The van der Waals surface area contributed by atoms with Gasteiger partial charge in [0, 0.05) is 58.4 Å². The Morgan fingerprint density at radius 3 is 2.03 bits per heavy atom. The number of rotatable bonds is 3. The Bertz CT molecular complexity index is 1530. The van der Waals surface area contributed by atoms with E-state index in [1.807, 2.05) is 70.9 Å². The molecule has 2 amide bonds. The summed E-state index contributed by atoms with van der Waals surface area (Å²) < 4.78 is 3.81. The minimum Gasteiger partial charge on any atom is -0.389 e. The van der Waals surface area contributed by atoms with E-state index < -0.39 is 36.1 Å². The second kappa shape index (κ2) is 7.39. The molecule has 1 aliphatic carbocycles. The molecule has 2 aromatic heterocycles. The number of hydrogen-bond donors (Lipinski definition) is 4. The number of fused-ring (bicyclic) bond motifs is 2. The molecule has 6 rings (SSSR count). The lowest BCUT2D eigenvalue weighted by atomic mass is 9.95. The third-order valence-corrected chi connectivity index (χ3v) is 7.16. The van der Waals surface area contributed by atoms with Gasteiger partial charge in [0.1, 0.15) is 6.10 Å². The molecule has 1 aliphatic heterocycles. The molecule has 172 valence electrons. The highest BCUT2D eigenvalue weighted by Gasteiger charge is 2.42. The lowest BCUT2D eigenvalue weighted by molar-refractivity contribution is -0.122. The molecule has 2 aliphatic rings. The van der Waals surface area contributed by atoms with Gasteiger partial charge in [0.05, 0.1) is 23.3 Å². The topological polar surface area (TPSA) is 123 Å². The number of imide groups is 1. The van der Waals surface area contributed by atoms with Crippen LogP contribution in [0.4, 0.5) is 0 Å². The number of nitrogens with zero attached hydrogens (tertiary/aromatic N) is 2. The molecule has 0 spiro atoms. The fraction of sp³-hybridized carbons (Fsp3) is 0.231. The Labute approximate surface area is 194 Å². The van der Waals surface area contributed by atoms with Crippen LogP contribution < -0.4 is 11.1 Å². The summed E-state index contributed by atoms with van der Waals surface area (Å²) in [5.74, 6) is -0.897. The van der Waals surface area contributed by atoms with Gasteiger partial charge in [-0.2, -0.15) is 0 Å². The number of aliphatic hydroxyl groups excluding tert-OH is 2. The monoisotopic (exact) mass is 456 g/mol. The zero-order valence-corrected chi connectivity index (χ0v) is 18.5. The van der Waals surface area contributed by atoms with Crippen LogP contribution in [0.3, 0.4) is 0 Å². The minimum absolute atomic E-state index is 0.300. The molecule has 4 atom stereocenters. The molecule has 0 saturated heterocycles. The van der Waals surface area contributed by atoms with Gasteiger partial charge in [0.15, 0.2) is 0 Å². The Balaban J connectivity index is 1.62. The second-order valence-corrected chi connectivity index (χ2v) is 9.12. The number of benzene rings is 2. The first kappa shape index (κ1) is 20.9. The maximum Gasteiger partial charge on any atom is 0.259 e.